The average Bonchev–Trinajstić information content (AvgIpc) is 3.39. The van der Waals surface area contributed by atoms with E-state index in [1.807, 2.05) is 48.5 Å². The predicted octanol–water partition coefficient (Wildman–Crippen LogP) is 4.01. The first-order chi connectivity index (χ1) is 16.3. The molecule has 4 rings (SSSR count). The number of rotatable bonds is 8. The van der Waals surface area contributed by atoms with Gasteiger partial charge < -0.3 is 20.1 Å². The first-order valence-electron chi connectivity index (χ1n) is 11.3. The van der Waals surface area contributed by atoms with Gasteiger partial charge in [-0.1, -0.05) is 48.5 Å². The van der Waals surface area contributed by atoms with Gasteiger partial charge in [0, 0.05) is 18.5 Å². The van der Waals surface area contributed by atoms with E-state index in [0.29, 0.717) is 19.4 Å². The number of hydrogen-bond donors (Lipinski definition) is 2. The molecule has 1 aliphatic carbocycles. The molecule has 1 heterocycles. The molecule has 2 N–H and O–H groups in total. The highest BCUT2D eigenvalue weighted by Gasteiger charge is 2.35. The van der Waals surface area contributed by atoms with Gasteiger partial charge in [-0.05, 0) is 35.1 Å². The molecule has 2 aliphatic rings. The first kappa shape index (κ1) is 23.7. The molecule has 1 saturated heterocycles. The molecule has 34 heavy (non-hydrogen) atoms. The van der Waals surface area contributed by atoms with E-state index < -0.39 is 42.9 Å². The number of carboxylic acids is 1. The van der Waals surface area contributed by atoms with Gasteiger partial charge in [0.1, 0.15) is 12.6 Å². The van der Waals surface area contributed by atoms with Crippen LogP contribution in [0.1, 0.15) is 42.7 Å². The number of alkyl halides is 2. The van der Waals surface area contributed by atoms with Crippen LogP contribution < -0.4 is 5.32 Å². The summed E-state index contributed by atoms with van der Waals surface area (Å²) in [6.45, 7) is 0.286. The third-order valence-corrected chi connectivity index (χ3v) is 6.45. The van der Waals surface area contributed by atoms with Crippen molar-refractivity contribution < 1.29 is 33.0 Å². The number of likely N-dealkylation sites (tertiary alicyclic amines) is 1. The minimum absolute atomic E-state index is 0.0312. The Bertz CT molecular complexity index is 1030. The number of nitrogens with zero attached hydrogens (tertiary/aromatic N) is 1. The molecule has 0 radical (unpaired) electrons. The van der Waals surface area contributed by atoms with Crippen LogP contribution in [0.3, 0.4) is 0 Å². The molecule has 2 aromatic carbocycles. The minimum atomic E-state index is -2.98. The van der Waals surface area contributed by atoms with Gasteiger partial charge in [0.05, 0.1) is 12.8 Å². The second-order valence-electron chi connectivity index (χ2n) is 8.60. The Morgan fingerprint density at radius 3 is 2.26 bits per heavy atom. The number of nitrogens with one attached hydrogen (secondary N) is 1. The lowest BCUT2D eigenvalue weighted by Gasteiger charge is -2.26. The molecule has 1 unspecified atom stereocenters. The molecule has 1 aliphatic heterocycles. The zero-order valence-corrected chi connectivity index (χ0v) is 18.5. The summed E-state index contributed by atoms with van der Waals surface area (Å²) in [6.07, 6.45) is -3.74. The van der Waals surface area contributed by atoms with Gasteiger partial charge in [-0.25, -0.2) is 13.6 Å². The van der Waals surface area contributed by atoms with Gasteiger partial charge in [0.15, 0.2) is 0 Å². The fourth-order valence-corrected chi connectivity index (χ4v) is 4.88. The van der Waals surface area contributed by atoms with Crippen molar-refractivity contribution >= 4 is 18.0 Å². The molecule has 2 atom stereocenters. The fourth-order valence-electron chi connectivity index (χ4n) is 4.88. The smallest absolute Gasteiger partial charge is 0.407 e. The highest BCUT2D eigenvalue weighted by atomic mass is 19.3. The summed E-state index contributed by atoms with van der Waals surface area (Å²) in [5, 5.41) is 11.1. The lowest BCUT2D eigenvalue weighted by molar-refractivity contribution is -0.140. The van der Waals surface area contributed by atoms with Crippen LogP contribution in [0.2, 0.25) is 0 Å². The molecule has 2 aromatic rings. The topological polar surface area (TPSA) is 95.9 Å². The van der Waals surface area contributed by atoms with Crippen molar-refractivity contribution in [2.75, 3.05) is 13.2 Å². The van der Waals surface area contributed by atoms with Crippen LogP contribution in [0.5, 0.6) is 0 Å². The Kier molecular flexibility index (Phi) is 7.09. The number of halogens is 2. The SMILES string of the molecule is O=C(O)C[C@H]1CCCN1C(=O)CC(NC(=O)OCC1c2ccccc2-c2ccccc21)C(F)F. The van der Waals surface area contributed by atoms with Crippen LogP contribution in [0.25, 0.3) is 11.1 Å². The first-order valence-corrected chi connectivity index (χ1v) is 11.3. The van der Waals surface area contributed by atoms with E-state index in [1.54, 1.807) is 0 Å². The number of amides is 2. The molecule has 2 amide bonds. The Labute approximate surface area is 195 Å². The van der Waals surface area contributed by atoms with Crippen molar-refractivity contribution in [3.8, 4) is 11.1 Å². The Hall–Kier alpha value is -3.49. The molecule has 9 heteroatoms. The van der Waals surface area contributed by atoms with Crippen molar-refractivity contribution in [1.29, 1.82) is 0 Å². The van der Waals surface area contributed by atoms with Crippen molar-refractivity contribution in [1.82, 2.24) is 10.2 Å². The second-order valence-corrected chi connectivity index (χ2v) is 8.60. The summed E-state index contributed by atoms with van der Waals surface area (Å²) < 4.78 is 32.5. The second kappa shape index (κ2) is 10.2. The van der Waals surface area contributed by atoms with E-state index in [4.69, 9.17) is 9.84 Å². The van der Waals surface area contributed by atoms with Crippen LogP contribution in [-0.4, -0.2) is 59.6 Å². The van der Waals surface area contributed by atoms with Gasteiger partial charge in [0.25, 0.3) is 6.43 Å². The summed E-state index contributed by atoms with van der Waals surface area (Å²) >= 11 is 0. The molecule has 0 bridgehead atoms. The number of aliphatic carboxylic acids is 1. The largest absolute Gasteiger partial charge is 0.481 e. The number of benzene rings is 2. The molecule has 0 saturated carbocycles. The summed E-state index contributed by atoms with van der Waals surface area (Å²) in [7, 11) is 0. The van der Waals surface area contributed by atoms with Gasteiger partial charge >= 0.3 is 12.1 Å². The minimum Gasteiger partial charge on any atom is -0.481 e. The zero-order valence-electron chi connectivity index (χ0n) is 18.5. The predicted molar refractivity (Wildman–Crippen MR) is 120 cm³/mol. The van der Waals surface area contributed by atoms with Crippen molar-refractivity contribution in [2.45, 2.75) is 50.1 Å². The monoisotopic (exact) mass is 472 g/mol. The van der Waals surface area contributed by atoms with E-state index in [9.17, 15) is 23.2 Å². The molecule has 7 nitrogen and oxygen atoms in total. The number of carboxylic acid groups (broad SMARTS) is 1. The normalized spacial score (nSPS) is 17.9. The highest BCUT2D eigenvalue weighted by molar-refractivity contribution is 5.80. The number of ether oxygens (including phenoxy) is 1. The van der Waals surface area contributed by atoms with Crippen LogP contribution >= 0.6 is 0 Å². The summed E-state index contributed by atoms with van der Waals surface area (Å²) in [6, 6.07) is 13.3. The molecule has 0 aromatic heterocycles. The average molecular weight is 472 g/mol. The Balaban J connectivity index is 1.37. The van der Waals surface area contributed by atoms with Crippen LogP contribution in [0.15, 0.2) is 48.5 Å². The van der Waals surface area contributed by atoms with Gasteiger partial charge in [-0.3, -0.25) is 9.59 Å². The standard InChI is InChI=1S/C25H26F2N2O5/c26-24(27)21(13-22(30)29-11-5-6-15(29)12-23(31)32)28-25(33)34-14-20-18-9-3-1-7-16(18)17-8-2-4-10-19(17)20/h1-4,7-10,15,20-21,24H,5-6,11-14H2,(H,28,33)(H,31,32)/t15-,21?/m1/s1. The van der Waals surface area contributed by atoms with E-state index in [1.165, 1.54) is 4.90 Å². The maximum atomic E-state index is 13.6. The zero-order chi connectivity index (χ0) is 24.2. The van der Waals surface area contributed by atoms with Crippen LogP contribution in [-0.2, 0) is 14.3 Å². The maximum absolute atomic E-state index is 13.6. The molecular formula is C25H26F2N2O5. The molecular weight excluding hydrogens is 446 g/mol. The van der Waals surface area contributed by atoms with Crippen LogP contribution in [0, 0.1) is 0 Å². The van der Waals surface area contributed by atoms with Crippen molar-refractivity contribution in [2.24, 2.45) is 0 Å². The number of fused-ring (bicyclic) bond motifs is 3. The van der Waals surface area contributed by atoms with Crippen molar-refractivity contribution in [3.05, 3.63) is 59.7 Å². The summed E-state index contributed by atoms with van der Waals surface area (Å²) in [5.74, 6) is -1.87. The summed E-state index contributed by atoms with van der Waals surface area (Å²) in [5.41, 5.74) is 4.08. The molecule has 180 valence electrons. The highest BCUT2D eigenvalue weighted by Crippen LogP contribution is 2.44. The van der Waals surface area contributed by atoms with E-state index >= 15 is 0 Å². The third kappa shape index (κ3) is 5.03. The Morgan fingerprint density at radius 1 is 1.06 bits per heavy atom. The quantitative estimate of drug-likeness (QED) is 0.605. The fraction of sp³-hybridized carbons (Fsp3) is 0.400. The van der Waals surface area contributed by atoms with Crippen molar-refractivity contribution in [3.63, 3.8) is 0 Å². The lowest BCUT2D eigenvalue weighted by Crippen LogP contribution is -2.46. The van der Waals surface area contributed by atoms with Crippen LogP contribution in [0.4, 0.5) is 13.6 Å². The van der Waals surface area contributed by atoms with E-state index in [-0.39, 0.29) is 18.9 Å². The van der Waals surface area contributed by atoms with Gasteiger partial charge in [0.2, 0.25) is 5.91 Å². The number of alkyl carbamates (subject to hydrolysis) is 1. The molecule has 0 spiro atoms. The van der Waals surface area contributed by atoms with Gasteiger partial charge in [-0.15, -0.1) is 0 Å². The maximum Gasteiger partial charge on any atom is 0.407 e. The summed E-state index contributed by atoms with van der Waals surface area (Å²) in [4.78, 5) is 37.3. The third-order valence-electron chi connectivity index (χ3n) is 6.45. The van der Waals surface area contributed by atoms with Gasteiger partial charge in [-0.2, -0.15) is 0 Å². The molecule has 1 fully saturated rings. The van der Waals surface area contributed by atoms with E-state index in [2.05, 4.69) is 5.32 Å². The lowest BCUT2D eigenvalue weighted by atomic mass is 9.98. The van der Waals surface area contributed by atoms with E-state index in [0.717, 1.165) is 22.3 Å². The number of carbonyl (C=O) groups excluding carboxylic acids is 2. The number of carbonyl (C=O) groups is 3. The Morgan fingerprint density at radius 2 is 1.68 bits per heavy atom. The number of hydrogen-bond acceptors (Lipinski definition) is 4.